The lowest BCUT2D eigenvalue weighted by atomic mass is 9.89. The predicted octanol–water partition coefficient (Wildman–Crippen LogP) is 4.63. The number of aryl methyl sites for hydroxylation is 2. The van der Waals surface area contributed by atoms with E-state index in [1.807, 2.05) is 25.1 Å². The minimum absolute atomic E-state index is 0.0432. The van der Waals surface area contributed by atoms with Gasteiger partial charge in [0, 0.05) is 11.1 Å². The molecule has 0 fully saturated rings. The van der Waals surface area contributed by atoms with E-state index >= 15 is 0 Å². The van der Waals surface area contributed by atoms with E-state index in [-0.39, 0.29) is 5.43 Å². The van der Waals surface area contributed by atoms with Crippen molar-refractivity contribution >= 4 is 26.9 Å². The third-order valence-electron chi connectivity index (χ3n) is 4.03. The molecule has 1 aromatic heterocycles. The van der Waals surface area contributed by atoms with Gasteiger partial charge in [0.1, 0.15) is 5.76 Å². The average molecular weight is 342 g/mol. The fraction of sp³-hybridized carbons (Fsp3) is 0.167. The van der Waals surface area contributed by atoms with E-state index in [1.165, 1.54) is 0 Å². The smallest absolute Gasteiger partial charge is 0.196 e. The van der Waals surface area contributed by atoms with Crippen LogP contribution in [0.25, 0.3) is 22.3 Å². The summed E-state index contributed by atoms with van der Waals surface area (Å²) in [5, 5.41) is 0.621. The van der Waals surface area contributed by atoms with Crippen LogP contribution in [0.2, 0.25) is 0 Å². The normalized spacial score (nSPS) is 13.7. The first kappa shape index (κ1) is 11.8. The molecule has 0 N–H and O–H groups in total. The minimum atomic E-state index is 0.0432. The number of hydrogen-bond donors (Lipinski definition) is 0. The highest BCUT2D eigenvalue weighted by molar-refractivity contribution is 9.10. The molecule has 0 saturated heterocycles. The van der Waals surface area contributed by atoms with Gasteiger partial charge in [0.05, 0.1) is 11.2 Å². The number of hydrogen-bond acceptors (Lipinski definition) is 2. The van der Waals surface area contributed by atoms with Gasteiger partial charge in [0.15, 0.2) is 11.0 Å². The molecular formula is C18H13BrO2. The Bertz CT molecular complexity index is 989. The molecule has 21 heavy (non-hydrogen) atoms. The molecule has 0 aliphatic heterocycles. The van der Waals surface area contributed by atoms with E-state index < -0.39 is 0 Å². The van der Waals surface area contributed by atoms with E-state index in [1.54, 1.807) is 12.1 Å². The average Bonchev–Trinajstić information content (AvgIpc) is 2.48. The summed E-state index contributed by atoms with van der Waals surface area (Å²) >= 11 is 3.49. The summed E-state index contributed by atoms with van der Waals surface area (Å²) in [7, 11) is 0. The van der Waals surface area contributed by atoms with E-state index in [4.69, 9.17) is 5.79 Å². The van der Waals surface area contributed by atoms with Gasteiger partial charge in [-0.1, -0.05) is 24.2 Å². The second-order valence-electron chi connectivity index (χ2n) is 5.45. The van der Waals surface area contributed by atoms with Crippen molar-refractivity contribution in [1.82, 2.24) is 0 Å². The van der Waals surface area contributed by atoms with Crippen LogP contribution in [0.15, 0.2) is 50.1 Å². The Balaban J connectivity index is 2.14. The lowest BCUT2D eigenvalue weighted by Crippen LogP contribution is -2.16. The summed E-state index contributed by atoms with van der Waals surface area (Å²) in [5.74, 6) is 0.623. The van der Waals surface area contributed by atoms with Crippen LogP contribution in [-0.4, -0.2) is 0 Å². The molecule has 0 saturated carbocycles. The molecular weight excluding hydrogens is 328 g/mol. The molecule has 0 radical (unpaired) electrons. The van der Waals surface area contributed by atoms with Gasteiger partial charge in [-0.2, -0.15) is 0 Å². The minimum Gasteiger partial charge on any atom is -0.454 e. The Morgan fingerprint density at radius 2 is 2.14 bits per heavy atom. The van der Waals surface area contributed by atoms with E-state index in [2.05, 4.69) is 15.9 Å². The largest absolute Gasteiger partial charge is 0.454 e. The van der Waals surface area contributed by atoms with Crippen molar-refractivity contribution in [3.8, 4) is 11.3 Å². The highest BCUT2D eigenvalue weighted by Gasteiger charge is 2.23. The van der Waals surface area contributed by atoms with Crippen LogP contribution in [0.1, 0.15) is 18.1 Å². The summed E-state index contributed by atoms with van der Waals surface area (Å²) in [6.07, 6.45) is 1.50. The number of halogens is 1. The maximum Gasteiger partial charge on any atom is 0.196 e. The summed E-state index contributed by atoms with van der Waals surface area (Å²) in [4.78, 5) is 12.8. The van der Waals surface area contributed by atoms with Gasteiger partial charge in [0.2, 0.25) is 0 Å². The Kier molecular flexibility index (Phi) is 2.56. The quantitative estimate of drug-likeness (QED) is 0.596. The van der Waals surface area contributed by atoms with Crippen LogP contribution in [0, 0.1) is 6.92 Å². The van der Waals surface area contributed by atoms with E-state index in [0.717, 1.165) is 33.1 Å². The SMILES string of the molecule is [2H]c1ccc2c(c1)-c1oc3c(Br)cc(C)cc3c(=O)c1CC2. The van der Waals surface area contributed by atoms with Crippen LogP contribution >= 0.6 is 15.9 Å². The topological polar surface area (TPSA) is 30.2 Å². The van der Waals surface area contributed by atoms with Crippen molar-refractivity contribution in [1.29, 1.82) is 0 Å². The predicted molar refractivity (Wildman–Crippen MR) is 87.8 cm³/mol. The lowest BCUT2D eigenvalue weighted by Gasteiger charge is -2.18. The van der Waals surface area contributed by atoms with Gasteiger partial charge in [-0.05, 0) is 59.0 Å². The van der Waals surface area contributed by atoms with Gasteiger partial charge in [-0.15, -0.1) is 0 Å². The van der Waals surface area contributed by atoms with E-state index in [0.29, 0.717) is 29.2 Å². The van der Waals surface area contributed by atoms with Gasteiger partial charge in [-0.3, -0.25) is 4.79 Å². The summed E-state index contributed by atoms with van der Waals surface area (Å²) < 4.78 is 14.7. The van der Waals surface area contributed by atoms with Crippen molar-refractivity contribution < 1.29 is 5.79 Å². The summed E-state index contributed by atoms with van der Waals surface area (Å²) in [5.41, 5.74) is 4.38. The maximum atomic E-state index is 12.8. The standard InChI is InChI=1S/C18H13BrO2/c1-10-8-14-16(20)13-7-6-11-4-2-3-5-12(11)17(13)21-18(14)15(19)9-10/h2-5,8-9H,6-7H2,1H3/i3D. The second kappa shape index (κ2) is 4.57. The summed E-state index contributed by atoms with van der Waals surface area (Å²) in [6.45, 7) is 1.96. The Morgan fingerprint density at radius 3 is 3.00 bits per heavy atom. The fourth-order valence-corrected chi connectivity index (χ4v) is 3.68. The molecule has 0 amide bonds. The molecule has 2 nitrogen and oxygen atoms in total. The molecule has 0 unspecified atom stereocenters. The Labute approximate surface area is 131 Å². The van der Waals surface area contributed by atoms with Gasteiger partial charge in [0.25, 0.3) is 0 Å². The molecule has 0 atom stereocenters. The molecule has 4 rings (SSSR count). The van der Waals surface area contributed by atoms with Crippen LogP contribution < -0.4 is 5.43 Å². The van der Waals surface area contributed by atoms with Crippen molar-refractivity contribution in [2.24, 2.45) is 0 Å². The second-order valence-corrected chi connectivity index (χ2v) is 6.30. The zero-order chi connectivity index (χ0) is 15.4. The molecule has 0 bridgehead atoms. The first-order valence-electron chi connectivity index (χ1n) is 7.40. The summed E-state index contributed by atoms with van der Waals surface area (Å²) in [6, 6.07) is 9.77. The molecule has 0 spiro atoms. The zero-order valence-corrected chi connectivity index (χ0v) is 13.1. The number of rotatable bonds is 0. The Morgan fingerprint density at radius 1 is 1.29 bits per heavy atom. The molecule has 104 valence electrons. The molecule has 2 aromatic carbocycles. The third-order valence-corrected chi connectivity index (χ3v) is 4.62. The lowest BCUT2D eigenvalue weighted by molar-refractivity contribution is 0.600. The highest BCUT2D eigenvalue weighted by Crippen LogP contribution is 2.35. The molecule has 1 aliphatic rings. The maximum absolute atomic E-state index is 12.8. The number of fused-ring (bicyclic) bond motifs is 4. The third kappa shape index (κ3) is 1.88. The van der Waals surface area contributed by atoms with Crippen LogP contribution in [-0.2, 0) is 12.8 Å². The first-order chi connectivity index (χ1) is 10.5. The van der Waals surface area contributed by atoms with Gasteiger partial charge >= 0.3 is 0 Å². The van der Waals surface area contributed by atoms with Crippen LogP contribution in [0.5, 0.6) is 0 Å². The molecule has 3 aromatic rings. The van der Waals surface area contributed by atoms with Crippen LogP contribution in [0.3, 0.4) is 0 Å². The molecule has 1 heterocycles. The van der Waals surface area contributed by atoms with Crippen LogP contribution in [0.4, 0.5) is 0 Å². The fourth-order valence-electron chi connectivity index (χ4n) is 3.03. The van der Waals surface area contributed by atoms with Gasteiger partial charge in [-0.25, -0.2) is 0 Å². The number of benzene rings is 2. The zero-order valence-electron chi connectivity index (χ0n) is 12.5. The van der Waals surface area contributed by atoms with Crippen molar-refractivity contribution in [2.75, 3.05) is 0 Å². The van der Waals surface area contributed by atoms with E-state index in [9.17, 15) is 4.79 Å². The van der Waals surface area contributed by atoms with Gasteiger partial charge < -0.3 is 4.42 Å². The highest BCUT2D eigenvalue weighted by atomic mass is 79.9. The monoisotopic (exact) mass is 341 g/mol. The van der Waals surface area contributed by atoms with Crippen molar-refractivity contribution in [2.45, 2.75) is 19.8 Å². The van der Waals surface area contributed by atoms with Crippen molar-refractivity contribution in [3.63, 3.8) is 0 Å². The molecule has 1 aliphatic carbocycles. The molecule has 3 heteroatoms. The Hall–Kier alpha value is -1.87. The first-order valence-corrected chi connectivity index (χ1v) is 7.69. The van der Waals surface area contributed by atoms with Crippen molar-refractivity contribution in [3.05, 3.63) is 67.8 Å².